The van der Waals surface area contributed by atoms with Crippen molar-refractivity contribution in [2.75, 3.05) is 20.3 Å². The van der Waals surface area contributed by atoms with Crippen molar-refractivity contribution in [2.45, 2.75) is 6.42 Å². The first-order valence-electron chi connectivity index (χ1n) is 9.93. The Balaban J connectivity index is 1.55. The predicted molar refractivity (Wildman–Crippen MR) is 125 cm³/mol. The highest BCUT2D eigenvalue weighted by Gasteiger charge is 2.16. The lowest BCUT2D eigenvalue weighted by atomic mass is 10.0. The molecule has 0 fully saturated rings. The van der Waals surface area contributed by atoms with Crippen LogP contribution in [0.25, 0.3) is 11.1 Å². The molecule has 0 radical (unpaired) electrons. The average Bonchev–Trinajstić information content (AvgIpc) is 2.83. The molecule has 0 saturated heterocycles. The summed E-state index contributed by atoms with van der Waals surface area (Å²) in [5.74, 6) is 2.28. The minimum absolute atomic E-state index is 0.147. The highest BCUT2D eigenvalue weighted by Crippen LogP contribution is 2.28. The number of nitrogens with one attached hydrogen (secondary N) is 1. The zero-order valence-corrected chi connectivity index (χ0v) is 18.3. The van der Waals surface area contributed by atoms with Crippen LogP contribution in [0, 0.1) is 12.3 Å². The molecule has 32 heavy (non-hydrogen) atoms. The van der Waals surface area contributed by atoms with E-state index in [4.69, 9.17) is 27.5 Å². The summed E-state index contributed by atoms with van der Waals surface area (Å²) in [6.45, 7) is 0.454. The standard InChI is InChI=1S/C26H22ClNO4/c1-3-16-32-23-13-4-18(17-24(23)31-2)14-15-28-26(30)25(29)21-7-5-19(6-8-21)20-9-11-22(27)12-10-20/h1,4-13,17H,14-16H2,2H3,(H,28,30). The van der Waals surface area contributed by atoms with Gasteiger partial charge in [-0.15, -0.1) is 6.42 Å². The van der Waals surface area contributed by atoms with Crippen LogP contribution in [0.1, 0.15) is 15.9 Å². The Bertz CT molecular complexity index is 1130. The monoisotopic (exact) mass is 447 g/mol. The molecule has 0 heterocycles. The second kappa shape index (κ2) is 11.0. The van der Waals surface area contributed by atoms with Gasteiger partial charge in [-0.3, -0.25) is 9.59 Å². The van der Waals surface area contributed by atoms with E-state index in [9.17, 15) is 9.59 Å². The number of hydrogen-bond acceptors (Lipinski definition) is 4. The van der Waals surface area contributed by atoms with Crippen LogP contribution >= 0.6 is 11.6 Å². The number of amides is 1. The molecular weight excluding hydrogens is 426 g/mol. The predicted octanol–water partition coefficient (Wildman–Crippen LogP) is 4.57. The van der Waals surface area contributed by atoms with E-state index < -0.39 is 11.7 Å². The van der Waals surface area contributed by atoms with Crippen LogP contribution in [0.2, 0.25) is 5.02 Å². The van der Waals surface area contributed by atoms with E-state index in [1.165, 1.54) is 0 Å². The van der Waals surface area contributed by atoms with Gasteiger partial charge >= 0.3 is 0 Å². The number of rotatable bonds is 9. The molecule has 0 saturated carbocycles. The molecule has 1 N–H and O–H groups in total. The SMILES string of the molecule is C#CCOc1ccc(CCNC(=O)C(=O)c2ccc(-c3ccc(Cl)cc3)cc2)cc1OC. The Hall–Kier alpha value is -3.75. The largest absolute Gasteiger partial charge is 0.493 e. The van der Waals surface area contributed by atoms with Crippen LogP contribution in [0.15, 0.2) is 66.7 Å². The van der Waals surface area contributed by atoms with E-state index in [-0.39, 0.29) is 6.61 Å². The number of terminal acetylenes is 1. The fourth-order valence-corrected chi connectivity index (χ4v) is 3.22. The molecule has 0 aliphatic carbocycles. The fourth-order valence-electron chi connectivity index (χ4n) is 3.09. The number of carbonyl (C=O) groups is 2. The van der Waals surface area contributed by atoms with Crippen molar-refractivity contribution >= 4 is 23.3 Å². The summed E-state index contributed by atoms with van der Waals surface area (Å²) in [7, 11) is 1.54. The van der Waals surface area contributed by atoms with Gasteiger partial charge in [-0.05, 0) is 47.4 Å². The highest BCUT2D eigenvalue weighted by atomic mass is 35.5. The lowest BCUT2D eigenvalue weighted by Gasteiger charge is -2.11. The normalized spacial score (nSPS) is 10.2. The molecule has 0 unspecified atom stereocenters. The minimum atomic E-state index is -0.648. The van der Waals surface area contributed by atoms with Crippen LogP contribution < -0.4 is 14.8 Å². The zero-order chi connectivity index (χ0) is 22.9. The third-order valence-electron chi connectivity index (χ3n) is 4.77. The van der Waals surface area contributed by atoms with Crippen LogP contribution in [0.3, 0.4) is 0 Å². The van der Waals surface area contributed by atoms with Crippen molar-refractivity contribution in [3.05, 3.63) is 82.9 Å². The van der Waals surface area contributed by atoms with Crippen molar-refractivity contribution in [2.24, 2.45) is 0 Å². The maximum Gasteiger partial charge on any atom is 0.292 e. The minimum Gasteiger partial charge on any atom is -0.493 e. The molecule has 3 aromatic rings. The van der Waals surface area contributed by atoms with Gasteiger partial charge in [-0.2, -0.15) is 0 Å². The molecule has 0 atom stereocenters. The van der Waals surface area contributed by atoms with Gasteiger partial charge in [0.1, 0.15) is 6.61 Å². The third kappa shape index (κ3) is 5.90. The first-order valence-corrected chi connectivity index (χ1v) is 10.3. The molecule has 0 spiro atoms. The van der Waals surface area contributed by atoms with Gasteiger partial charge in [-0.1, -0.05) is 60.0 Å². The van der Waals surface area contributed by atoms with Gasteiger partial charge in [-0.25, -0.2) is 0 Å². The van der Waals surface area contributed by atoms with Crippen molar-refractivity contribution in [1.82, 2.24) is 5.32 Å². The summed E-state index contributed by atoms with van der Waals surface area (Å²) >= 11 is 5.91. The average molecular weight is 448 g/mol. The first kappa shape index (κ1) is 22.9. The van der Waals surface area contributed by atoms with E-state index in [2.05, 4.69) is 11.2 Å². The summed E-state index contributed by atoms with van der Waals surface area (Å²) < 4.78 is 10.7. The lowest BCUT2D eigenvalue weighted by Crippen LogP contribution is -2.32. The zero-order valence-electron chi connectivity index (χ0n) is 17.6. The summed E-state index contributed by atoms with van der Waals surface area (Å²) in [5, 5.41) is 3.32. The number of ether oxygens (including phenoxy) is 2. The number of benzene rings is 3. The molecule has 3 aromatic carbocycles. The second-order valence-electron chi connectivity index (χ2n) is 6.90. The second-order valence-corrected chi connectivity index (χ2v) is 7.33. The Morgan fingerprint density at radius 3 is 2.25 bits per heavy atom. The number of Topliss-reactive ketones (excluding diaryl/α,β-unsaturated/α-hetero) is 1. The third-order valence-corrected chi connectivity index (χ3v) is 5.02. The Morgan fingerprint density at radius 2 is 1.62 bits per heavy atom. The van der Waals surface area contributed by atoms with Crippen LogP contribution in [0.4, 0.5) is 0 Å². The molecule has 0 bridgehead atoms. The Kier molecular flexibility index (Phi) is 7.91. The fraction of sp³-hybridized carbons (Fsp3) is 0.154. The maximum atomic E-state index is 12.4. The van der Waals surface area contributed by atoms with E-state index in [1.807, 2.05) is 24.3 Å². The first-order chi connectivity index (χ1) is 15.5. The number of methoxy groups -OCH3 is 1. The van der Waals surface area contributed by atoms with E-state index >= 15 is 0 Å². The molecule has 6 heteroatoms. The summed E-state index contributed by atoms with van der Waals surface area (Å²) in [5.41, 5.74) is 3.16. The summed E-state index contributed by atoms with van der Waals surface area (Å²) in [6.07, 6.45) is 5.74. The molecule has 5 nitrogen and oxygen atoms in total. The lowest BCUT2D eigenvalue weighted by molar-refractivity contribution is -0.116. The van der Waals surface area contributed by atoms with Gasteiger partial charge in [0.25, 0.3) is 5.91 Å². The van der Waals surface area contributed by atoms with E-state index in [0.717, 1.165) is 16.7 Å². The number of hydrogen-bond donors (Lipinski definition) is 1. The topological polar surface area (TPSA) is 64.6 Å². The van der Waals surface area contributed by atoms with Crippen LogP contribution in [-0.4, -0.2) is 32.0 Å². The van der Waals surface area contributed by atoms with Crippen LogP contribution in [0.5, 0.6) is 11.5 Å². The van der Waals surface area contributed by atoms with E-state index in [0.29, 0.717) is 35.1 Å². The number of ketones is 1. The molecule has 1 amide bonds. The van der Waals surface area contributed by atoms with Gasteiger partial charge in [0, 0.05) is 17.1 Å². The molecule has 0 aliphatic rings. The Morgan fingerprint density at radius 1 is 0.969 bits per heavy atom. The van der Waals surface area contributed by atoms with Gasteiger partial charge in [0.2, 0.25) is 5.78 Å². The molecular formula is C26H22ClNO4. The van der Waals surface area contributed by atoms with E-state index in [1.54, 1.807) is 49.6 Å². The molecule has 3 rings (SSSR count). The number of carbonyl (C=O) groups excluding carboxylic acids is 2. The molecule has 0 aliphatic heterocycles. The molecule has 0 aromatic heterocycles. The Labute approximate surface area is 192 Å². The highest BCUT2D eigenvalue weighted by molar-refractivity contribution is 6.42. The molecule has 162 valence electrons. The van der Waals surface area contributed by atoms with Crippen molar-refractivity contribution in [1.29, 1.82) is 0 Å². The van der Waals surface area contributed by atoms with Gasteiger partial charge in [0.15, 0.2) is 11.5 Å². The number of halogens is 1. The van der Waals surface area contributed by atoms with Gasteiger partial charge in [0.05, 0.1) is 7.11 Å². The van der Waals surface area contributed by atoms with Crippen molar-refractivity contribution in [3.8, 4) is 35.0 Å². The smallest absolute Gasteiger partial charge is 0.292 e. The van der Waals surface area contributed by atoms with Crippen molar-refractivity contribution in [3.63, 3.8) is 0 Å². The van der Waals surface area contributed by atoms with Crippen LogP contribution in [-0.2, 0) is 11.2 Å². The van der Waals surface area contributed by atoms with Gasteiger partial charge < -0.3 is 14.8 Å². The quantitative estimate of drug-likeness (QED) is 0.296. The summed E-state index contributed by atoms with van der Waals surface area (Å²) in [6, 6.07) is 19.7. The maximum absolute atomic E-state index is 12.4. The van der Waals surface area contributed by atoms with Crippen molar-refractivity contribution < 1.29 is 19.1 Å². The summed E-state index contributed by atoms with van der Waals surface area (Å²) in [4.78, 5) is 24.7.